The number of hydrogen-bond acceptors (Lipinski definition) is 8. The smallest absolute Gasteiger partial charge is 0.276 e. The van der Waals surface area contributed by atoms with Crippen LogP contribution in [-0.2, 0) is 7.05 Å². The number of rotatable bonds is 6. The van der Waals surface area contributed by atoms with E-state index in [4.69, 9.17) is 0 Å². The van der Waals surface area contributed by atoms with Crippen LogP contribution in [0.1, 0.15) is 47.8 Å². The van der Waals surface area contributed by atoms with Crippen molar-refractivity contribution in [2.45, 2.75) is 37.6 Å². The van der Waals surface area contributed by atoms with Gasteiger partial charge >= 0.3 is 0 Å². The van der Waals surface area contributed by atoms with Gasteiger partial charge in [0.05, 0.1) is 6.20 Å². The standard InChI is InChI=1S/C21H26N10O/c1-29-10-16(26-28-29)19(32)31-11-21(12-31)8-14(9-21)30(2)20-22-6-5-17(24-20)23-18-7-15(25-27-18)13-3-4-13/h5-7,10,13-14H,3-4,8-9,11-12H2,1-2H3,(H2,22,23,24,25,27). The average molecular weight is 435 g/mol. The van der Waals surface area contributed by atoms with Gasteiger partial charge in [0.2, 0.25) is 5.95 Å². The molecule has 166 valence electrons. The Balaban J connectivity index is 1.04. The summed E-state index contributed by atoms with van der Waals surface area (Å²) < 4.78 is 1.55. The fourth-order valence-electron chi connectivity index (χ4n) is 4.87. The molecule has 1 amide bonds. The second-order valence-electron chi connectivity index (χ2n) is 9.46. The number of nitrogens with zero attached hydrogens (tertiary/aromatic N) is 8. The third-order valence-electron chi connectivity index (χ3n) is 6.88. The normalized spacial score (nSPS) is 19.5. The van der Waals surface area contributed by atoms with Crippen LogP contribution >= 0.6 is 0 Å². The van der Waals surface area contributed by atoms with E-state index in [0.29, 0.717) is 23.6 Å². The van der Waals surface area contributed by atoms with Crippen molar-refractivity contribution >= 4 is 23.5 Å². The number of aromatic nitrogens is 7. The maximum atomic E-state index is 12.5. The molecule has 1 saturated heterocycles. The molecule has 0 aromatic carbocycles. The molecule has 3 fully saturated rings. The second-order valence-corrected chi connectivity index (χ2v) is 9.46. The number of carbonyl (C=O) groups excluding carboxylic acids is 1. The average Bonchev–Trinajstić information content (AvgIpc) is 3.32. The van der Waals surface area contributed by atoms with E-state index in [0.717, 1.165) is 37.6 Å². The van der Waals surface area contributed by atoms with E-state index < -0.39 is 0 Å². The van der Waals surface area contributed by atoms with Gasteiger partial charge in [-0.2, -0.15) is 10.1 Å². The van der Waals surface area contributed by atoms with Crippen LogP contribution in [0, 0.1) is 5.41 Å². The molecule has 6 rings (SSSR count). The van der Waals surface area contributed by atoms with Gasteiger partial charge in [-0.15, -0.1) is 5.10 Å². The molecule has 3 aromatic rings. The van der Waals surface area contributed by atoms with Crippen molar-refractivity contribution in [2.75, 3.05) is 30.4 Å². The monoisotopic (exact) mass is 434 g/mol. The number of aromatic amines is 1. The maximum absolute atomic E-state index is 12.5. The summed E-state index contributed by atoms with van der Waals surface area (Å²) in [6.45, 7) is 1.55. The number of H-pyrrole nitrogens is 1. The zero-order valence-corrected chi connectivity index (χ0v) is 18.2. The lowest BCUT2D eigenvalue weighted by atomic mass is 9.60. The summed E-state index contributed by atoms with van der Waals surface area (Å²) in [6.07, 6.45) is 7.96. The number of carbonyl (C=O) groups is 1. The van der Waals surface area contributed by atoms with Crippen LogP contribution < -0.4 is 10.2 Å². The van der Waals surface area contributed by atoms with Crippen molar-refractivity contribution in [1.82, 2.24) is 40.1 Å². The van der Waals surface area contributed by atoms with E-state index in [2.05, 4.69) is 46.8 Å². The Labute approximate surface area is 185 Å². The molecule has 1 spiro atoms. The minimum atomic E-state index is -0.0363. The van der Waals surface area contributed by atoms with Crippen molar-refractivity contribution in [3.63, 3.8) is 0 Å². The molecule has 3 aliphatic rings. The molecule has 2 N–H and O–H groups in total. The van der Waals surface area contributed by atoms with Crippen LogP contribution in [0.4, 0.5) is 17.6 Å². The Morgan fingerprint density at radius 2 is 2.09 bits per heavy atom. The molecule has 0 bridgehead atoms. The molecule has 2 aliphatic carbocycles. The molecule has 0 atom stereocenters. The van der Waals surface area contributed by atoms with Crippen LogP contribution in [0.5, 0.6) is 0 Å². The van der Waals surface area contributed by atoms with Crippen molar-refractivity contribution in [3.8, 4) is 0 Å². The first-order valence-corrected chi connectivity index (χ1v) is 11.0. The largest absolute Gasteiger partial charge is 0.341 e. The van der Waals surface area contributed by atoms with Crippen LogP contribution in [0.25, 0.3) is 0 Å². The third-order valence-corrected chi connectivity index (χ3v) is 6.88. The summed E-state index contributed by atoms with van der Waals surface area (Å²) in [5.74, 6) is 2.80. The van der Waals surface area contributed by atoms with Gasteiger partial charge in [0.1, 0.15) is 5.82 Å². The highest BCUT2D eigenvalue weighted by Crippen LogP contribution is 2.50. The second kappa shape index (κ2) is 7.01. The summed E-state index contributed by atoms with van der Waals surface area (Å²) in [6, 6.07) is 4.28. The fourth-order valence-corrected chi connectivity index (χ4v) is 4.87. The van der Waals surface area contributed by atoms with E-state index in [1.54, 1.807) is 24.1 Å². The van der Waals surface area contributed by atoms with Crippen molar-refractivity contribution < 1.29 is 4.79 Å². The number of likely N-dealkylation sites (tertiary alicyclic amines) is 1. The Morgan fingerprint density at radius 1 is 1.28 bits per heavy atom. The van der Waals surface area contributed by atoms with Gasteiger partial charge in [-0.25, -0.2) is 4.98 Å². The molecule has 11 heteroatoms. The summed E-state index contributed by atoms with van der Waals surface area (Å²) >= 11 is 0. The molecular formula is C21H26N10O. The Hall–Kier alpha value is -3.50. The molecule has 32 heavy (non-hydrogen) atoms. The Morgan fingerprint density at radius 3 is 2.81 bits per heavy atom. The fraction of sp³-hybridized carbons (Fsp3) is 0.524. The van der Waals surface area contributed by atoms with Crippen LogP contribution in [-0.4, -0.2) is 72.1 Å². The molecule has 11 nitrogen and oxygen atoms in total. The Bertz CT molecular complexity index is 1150. The van der Waals surface area contributed by atoms with E-state index in [-0.39, 0.29) is 11.3 Å². The van der Waals surface area contributed by atoms with Gasteiger partial charge in [0.15, 0.2) is 11.5 Å². The van der Waals surface area contributed by atoms with E-state index in [9.17, 15) is 4.79 Å². The SMILES string of the molecule is CN(c1nccc(Nc2cc(C3CC3)[nH]n2)n1)C1CC2(C1)CN(C(=O)c1cn(C)nn1)C2. The lowest BCUT2D eigenvalue weighted by Gasteiger charge is -2.60. The quantitative estimate of drug-likeness (QED) is 0.601. The highest BCUT2D eigenvalue weighted by molar-refractivity contribution is 5.92. The third kappa shape index (κ3) is 3.37. The van der Waals surface area contributed by atoms with Gasteiger partial charge < -0.3 is 15.1 Å². The topological polar surface area (TPSA) is 121 Å². The predicted octanol–water partition coefficient (Wildman–Crippen LogP) is 1.69. The number of nitrogens with one attached hydrogen (secondary N) is 2. The minimum Gasteiger partial charge on any atom is -0.341 e. The number of hydrogen-bond donors (Lipinski definition) is 2. The first-order chi connectivity index (χ1) is 15.5. The first-order valence-electron chi connectivity index (χ1n) is 11.0. The summed E-state index contributed by atoms with van der Waals surface area (Å²) in [5.41, 5.74) is 1.81. The molecule has 3 aromatic heterocycles. The highest BCUT2D eigenvalue weighted by atomic mass is 16.2. The van der Waals surface area contributed by atoms with Crippen LogP contribution in [0.3, 0.4) is 0 Å². The maximum Gasteiger partial charge on any atom is 0.276 e. The van der Waals surface area contributed by atoms with Gasteiger partial charge in [0.25, 0.3) is 5.91 Å². The number of amides is 1. The van der Waals surface area contributed by atoms with Gasteiger partial charge in [0, 0.05) is 62.5 Å². The molecular weight excluding hydrogens is 408 g/mol. The zero-order valence-electron chi connectivity index (χ0n) is 18.2. The minimum absolute atomic E-state index is 0.0363. The molecule has 2 saturated carbocycles. The van der Waals surface area contributed by atoms with Crippen molar-refractivity contribution in [2.24, 2.45) is 12.5 Å². The summed E-state index contributed by atoms with van der Waals surface area (Å²) in [7, 11) is 3.80. The molecule has 0 radical (unpaired) electrons. The first kappa shape index (κ1) is 19.2. The van der Waals surface area contributed by atoms with Crippen molar-refractivity contribution in [1.29, 1.82) is 0 Å². The lowest BCUT2D eigenvalue weighted by Crippen LogP contribution is -2.67. The number of anilines is 3. The highest BCUT2D eigenvalue weighted by Gasteiger charge is 2.55. The zero-order chi connectivity index (χ0) is 21.9. The van der Waals surface area contributed by atoms with E-state index in [1.807, 2.05) is 18.0 Å². The van der Waals surface area contributed by atoms with E-state index in [1.165, 1.54) is 18.5 Å². The molecule has 4 heterocycles. The Kier molecular flexibility index (Phi) is 4.21. The number of aryl methyl sites for hydroxylation is 1. The van der Waals surface area contributed by atoms with Crippen LogP contribution in [0.15, 0.2) is 24.5 Å². The van der Waals surface area contributed by atoms with Crippen molar-refractivity contribution in [3.05, 3.63) is 35.9 Å². The molecule has 1 aliphatic heterocycles. The summed E-state index contributed by atoms with van der Waals surface area (Å²) in [5, 5.41) is 18.5. The summed E-state index contributed by atoms with van der Waals surface area (Å²) in [4.78, 5) is 25.7. The molecule has 0 unspecified atom stereocenters. The van der Waals surface area contributed by atoms with Crippen LogP contribution in [0.2, 0.25) is 0 Å². The van der Waals surface area contributed by atoms with Gasteiger partial charge in [-0.3, -0.25) is 14.6 Å². The van der Waals surface area contributed by atoms with E-state index >= 15 is 0 Å². The predicted molar refractivity (Wildman–Crippen MR) is 117 cm³/mol. The van der Waals surface area contributed by atoms with Gasteiger partial charge in [-0.05, 0) is 31.7 Å². The van der Waals surface area contributed by atoms with Gasteiger partial charge in [-0.1, -0.05) is 5.21 Å². The lowest BCUT2D eigenvalue weighted by molar-refractivity contribution is -0.0545.